The van der Waals surface area contributed by atoms with Crippen LogP contribution in [0.3, 0.4) is 0 Å². The summed E-state index contributed by atoms with van der Waals surface area (Å²) >= 11 is 14.0. The van der Waals surface area contributed by atoms with Crippen LogP contribution in [0.2, 0.25) is 10.0 Å². The molecule has 0 unspecified atom stereocenters. The smallest absolute Gasteiger partial charge is 0.413 e. The summed E-state index contributed by atoms with van der Waals surface area (Å²) in [5.41, 5.74) is -0.0780. The maximum absolute atomic E-state index is 11.5. The average molecular weight is 633 g/mol. The number of anilines is 2. The molecule has 188 valence electrons. The van der Waals surface area contributed by atoms with Crippen molar-refractivity contribution in [1.29, 1.82) is 0 Å². The van der Waals surface area contributed by atoms with E-state index in [4.69, 9.17) is 33.0 Å². The maximum atomic E-state index is 11.5. The molecule has 0 bridgehead atoms. The third-order valence-electron chi connectivity index (χ3n) is 4.59. The van der Waals surface area contributed by atoms with Crippen LogP contribution < -0.4 is 10.6 Å². The van der Waals surface area contributed by atoms with Crippen LogP contribution in [0.25, 0.3) is 0 Å². The molecule has 0 aliphatic heterocycles. The summed E-state index contributed by atoms with van der Waals surface area (Å²) in [7, 11) is 0. The van der Waals surface area contributed by atoms with E-state index in [9.17, 15) is 9.59 Å². The predicted octanol–water partition coefficient (Wildman–Crippen LogP) is 7.44. The van der Waals surface area contributed by atoms with Crippen molar-refractivity contribution in [3.05, 3.63) is 43.7 Å². The summed E-state index contributed by atoms with van der Waals surface area (Å²) in [5.74, 6) is 7.15. The number of aromatic nitrogens is 2. The predicted molar refractivity (Wildman–Crippen MR) is 146 cm³/mol. The van der Waals surface area contributed by atoms with E-state index in [0.717, 1.165) is 12.8 Å². The standard InChI is InChI=1S/C14H15ClN2O2.C10H12ClIN2O2/c15-12-8-9-16-13(17-14(18)19)11(12)7-6-10-4-2-1-3-5-10;1-10(2,3)16-9(15)14-8-7(12)6(11)4-5-13-8/h8-10H,1-5H2,(H,16,17)(H,18,19);4-5H,1-3H3,(H,13,14,15). The minimum absolute atomic E-state index is 0.198. The van der Waals surface area contributed by atoms with Gasteiger partial charge in [0.15, 0.2) is 5.82 Å². The van der Waals surface area contributed by atoms with Crippen molar-refractivity contribution in [1.82, 2.24) is 9.97 Å². The SMILES string of the molecule is CC(C)(C)OC(=O)Nc1nccc(Cl)c1I.O=C(O)Nc1nccc(Cl)c1C#CC1CCCCC1. The highest BCUT2D eigenvalue weighted by Gasteiger charge is 2.18. The third kappa shape index (κ3) is 10.5. The van der Waals surface area contributed by atoms with E-state index in [0.29, 0.717) is 30.9 Å². The van der Waals surface area contributed by atoms with E-state index < -0.39 is 17.8 Å². The summed E-state index contributed by atoms with van der Waals surface area (Å²) < 4.78 is 5.79. The molecule has 3 rings (SSSR count). The number of carbonyl (C=O) groups excluding carboxylic acids is 1. The van der Waals surface area contributed by atoms with Crippen molar-refractivity contribution in [2.75, 3.05) is 10.6 Å². The maximum Gasteiger partial charge on any atom is 0.413 e. The number of halogens is 3. The normalized spacial score (nSPS) is 13.4. The third-order valence-corrected chi connectivity index (χ3v) is 6.63. The van der Waals surface area contributed by atoms with Crippen LogP contribution in [0.1, 0.15) is 58.4 Å². The van der Waals surface area contributed by atoms with E-state index in [1.165, 1.54) is 31.7 Å². The Labute approximate surface area is 228 Å². The van der Waals surface area contributed by atoms with E-state index in [-0.39, 0.29) is 5.82 Å². The van der Waals surface area contributed by atoms with Crippen molar-refractivity contribution in [3.63, 3.8) is 0 Å². The number of nitrogens with one attached hydrogen (secondary N) is 2. The molecule has 2 amide bonds. The van der Waals surface area contributed by atoms with Crippen LogP contribution in [0.15, 0.2) is 24.5 Å². The Morgan fingerprint density at radius 1 is 1.06 bits per heavy atom. The molecule has 2 aromatic heterocycles. The lowest BCUT2D eigenvalue weighted by Crippen LogP contribution is -2.27. The van der Waals surface area contributed by atoms with Gasteiger partial charge in [-0.25, -0.2) is 19.6 Å². The fourth-order valence-electron chi connectivity index (χ4n) is 3.08. The van der Waals surface area contributed by atoms with Gasteiger partial charge in [-0.2, -0.15) is 0 Å². The zero-order valence-electron chi connectivity index (χ0n) is 19.6. The van der Waals surface area contributed by atoms with Gasteiger partial charge in [-0.1, -0.05) is 54.3 Å². The summed E-state index contributed by atoms with van der Waals surface area (Å²) in [4.78, 5) is 30.1. The fourth-order valence-corrected chi connectivity index (χ4v) is 3.87. The zero-order valence-corrected chi connectivity index (χ0v) is 23.3. The van der Waals surface area contributed by atoms with Gasteiger partial charge < -0.3 is 9.84 Å². The molecule has 1 saturated carbocycles. The number of hydrogen-bond donors (Lipinski definition) is 3. The number of carbonyl (C=O) groups is 2. The van der Waals surface area contributed by atoms with E-state index >= 15 is 0 Å². The molecule has 1 fully saturated rings. The molecule has 2 heterocycles. The summed E-state index contributed by atoms with van der Waals surface area (Å²) in [6.45, 7) is 5.38. The number of hydrogen-bond acceptors (Lipinski definition) is 5. The second kappa shape index (κ2) is 13.7. The lowest BCUT2D eigenvalue weighted by molar-refractivity contribution is 0.0635. The highest BCUT2D eigenvalue weighted by atomic mass is 127. The molecule has 3 N–H and O–H groups in total. The summed E-state index contributed by atoms with van der Waals surface area (Å²) in [5, 5.41) is 14.5. The monoisotopic (exact) mass is 632 g/mol. The Bertz CT molecular complexity index is 1110. The van der Waals surface area contributed by atoms with Gasteiger partial charge in [0.1, 0.15) is 11.4 Å². The van der Waals surface area contributed by atoms with Gasteiger partial charge in [-0.05, 0) is 68.3 Å². The minimum atomic E-state index is -1.17. The van der Waals surface area contributed by atoms with Gasteiger partial charge in [0.2, 0.25) is 0 Å². The highest BCUT2D eigenvalue weighted by molar-refractivity contribution is 14.1. The Kier molecular flexibility index (Phi) is 11.3. The summed E-state index contributed by atoms with van der Waals surface area (Å²) in [6.07, 6.45) is 7.17. The fraction of sp³-hybridized carbons (Fsp3) is 0.417. The molecule has 0 saturated heterocycles. The first-order valence-corrected chi connectivity index (χ1v) is 12.8. The van der Waals surface area contributed by atoms with Crippen LogP contribution in [0, 0.1) is 21.3 Å². The molecular weight excluding hydrogens is 606 g/mol. The van der Waals surface area contributed by atoms with E-state index in [1.807, 2.05) is 22.6 Å². The van der Waals surface area contributed by atoms with Crippen molar-refractivity contribution >= 4 is 69.6 Å². The first kappa shape index (κ1) is 28.9. The minimum Gasteiger partial charge on any atom is -0.465 e. The van der Waals surface area contributed by atoms with Crippen LogP contribution in [-0.4, -0.2) is 32.9 Å². The molecular formula is C24H27Cl2IN4O4. The van der Waals surface area contributed by atoms with Crippen molar-refractivity contribution < 1.29 is 19.4 Å². The number of carboxylic acid groups (broad SMARTS) is 1. The zero-order chi connectivity index (χ0) is 26.0. The molecule has 0 spiro atoms. The number of rotatable bonds is 2. The van der Waals surface area contributed by atoms with Gasteiger partial charge in [0, 0.05) is 18.3 Å². The van der Waals surface area contributed by atoms with Crippen LogP contribution in [-0.2, 0) is 4.74 Å². The Balaban J connectivity index is 0.000000251. The largest absolute Gasteiger partial charge is 0.465 e. The second-order valence-electron chi connectivity index (χ2n) is 8.63. The van der Waals surface area contributed by atoms with Crippen molar-refractivity contribution in [2.24, 2.45) is 5.92 Å². The topological polar surface area (TPSA) is 113 Å². The van der Waals surface area contributed by atoms with Gasteiger partial charge >= 0.3 is 12.2 Å². The van der Waals surface area contributed by atoms with E-state index in [2.05, 4.69) is 32.4 Å². The molecule has 0 aromatic carbocycles. The lowest BCUT2D eigenvalue weighted by atomic mass is 9.90. The molecule has 11 heteroatoms. The molecule has 35 heavy (non-hydrogen) atoms. The van der Waals surface area contributed by atoms with Gasteiger partial charge in [0.05, 0.1) is 19.2 Å². The molecule has 0 radical (unpaired) electrons. The molecule has 1 aliphatic carbocycles. The van der Waals surface area contributed by atoms with Crippen molar-refractivity contribution in [2.45, 2.75) is 58.5 Å². The van der Waals surface area contributed by atoms with Crippen molar-refractivity contribution in [3.8, 4) is 11.8 Å². The Morgan fingerprint density at radius 2 is 1.66 bits per heavy atom. The molecule has 2 aromatic rings. The van der Waals surface area contributed by atoms with E-state index in [1.54, 1.807) is 32.9 Å². The Hall–Kier alpha value is -2.29. The van der Waals surface area contributed by atoms with Gasteiger partial charge in [0.25, 0.3) is 0 Å². The molecule has 0 atom stereocenters. The molecule has 8 nitrogen and oxygen atoms in total. The van der Waals surface area contributed by atoms with Crippen LogP contribution in [0.5, 0.6) is 0 Å². The Morgan fingerprint density at radius 3 is 2.26 bits per heavy atom. The molecule has 1 aliphatic rings. The first-order valence-electron chi connectivity index (χ1n) is 10.9. The van der Waals surface area contributed by atoms with Crippen LogP contribution >= 0.6 is 45.8 Å². The van der Waals surface area contributed by atoms with Gasteiger partial charge in [-0.15, -0.1) is 0 Å². The number of ether oxygens (including phenoxy) is 1. The van der Waals surface area contributed by atoms with Gasteiger partial charge in [-0.3, -0.25) is 10.6 Å². The lowest BCUT2D eigenvalue weighted by Gasteiger charge is -2.19. The number of pyridine rings is 2. The quantitative estimate of drug-likeness (QED) is 0.234. The second-order valence-corrected chi connectivity index (χ2v) is 10.5. The summed E-state index contributed by atoms with van der Waals surface area (Å²) in [6, 6.07) is 3.27. The number of amides is 2. The number of nitrogens with zero attached hydrogens (tertiary/aromatic N) is 2. The first-order chi connectivity index (χ1) is 16.5. The highest BCUT2D eigenvalue weighted by Crippen LogP contribution is 2.25. The average Bonchev–Trinajstić information content (AvgIpc) is 2.76. The van der Waals surface area contributed by atoms with Crippen LogP contribution in [0.4, 0.5) is 21.2 Å².